The molecule has 1 aromatic rings. The molecule has 0 amide bonds. The van der Waals surface area contributed by atoms with Crippen LogP contribution in [0.15, 0.2) is 29.4 Å². The van der Waals surface area contributed by atoms with E-state index in [2.05, 4.69) is 42.5 Å². The van der Waals surface area contributed by atoms with Gasteiger partial charge in [-0.25, -0.2) is 0 Å². The van der Waals surface area contributed by atoms with Crippen molar-refractivity contribution in [3.05, 3.63) is 34.2 Å². The normalized spacial score (nSPS) is 16.2. The lowest BCUT2D eigenvalue weighted by molar-refractivity contribution is 0.279. The second-order valence-corrected chi connectivity index (χ2v) is 7.59. The van der Waals surface area contributed by atoms with Crippen molar-refractivity contribution in [2.45, 2.75) is 65.8 Å². The summed E-state index contributed by atoms with van der Waals surface area (Å²) in [6, 6.07) is 4.40. The molecule has 0 bridgehead atoms. The quantitative estimate of drug-likeness (QED) is 0.716. The topological polar surface area (TPSA) is 41.6 Å². The summed E-state index contributed by atoms with van der Waals surface area (Å²) in [7, 11) is 0. The second-order valence-electron chi connectivity index (χ2n) is 6.42. The van der Waals surface area contributed by atoms with Crippen molar-refractivity contribution in [3.63, 3.8) is 0 Å². The summed E-state index contributed by atoms with van der Waals surface area (Å²) in [6.07, 6.45) is 8.10. The van der Waals surface area contributed by atoms with Gasteiger partial charge in [-0.3, -0.25) is 9.89 Å². The molecule has 0 aromatic carbocycles. The average molecular weight is 350 g/mol. The SMILES string of the molecule is C=C(CN)N=C(C)c1ccc(CN2CCCCCC2)s1.CCCC. The van der Waals surface area contributed by atoms with Crippen LogP contribution >= 0.6 is 11.3 Å². The van der Waals surface area contributed by atoms with Crippen molar-refractivity contribution in [2.75, 3.05) is 19.6 Å². The van der Waals surface area contributed by atoms with Gasteiger partial charge >= 0.3 is 0 Å². The van der Waals surface area contributed by atoms with Gasteiger partial charge in [0, 0.05) is 28.5 Å². The van der Waals surface area contributed by atoms with Crippen LogP contribution in [-0.4, -0.2) is 30.2 Å². The van der Waals surface area contributed by atoms with Crippen LogP contribution in [0.5, 0.6) is 0 Å². The van der Waals surface area contributed by atoms with Gasteiger partial charge in [-0.05, 0) is 45.0 Å². The number of hydrogen-bond donors (Lipinski definition) is 1. The Labute approximate surface area is 152 Å². The number of rotatable bonds is 6. The summed E-state index contributed by atoms with van der Waals surface area (Å²) in [5, 5.41) is 0. The van der Waals surface area contributed by atoms with Crippen LogP contribution in [0, 0.1) is 0 Å². The Balaban J connectivity index is 0.000000648. The number of thiophene rings is 1. The van der Waals surface area contributed by atoms with Gasteiger partial charge in [-0.2, -0.15) is 0 Å². The molecular weight excluding hydrogens is 314 g/mol. The van der Waals surface area contributed by atoms with E-state index in [9.17, 15) is 0 Å². The highest BCUT2D eigenvalue weighted by molar-refractivity contribution is 7.14. The minimum Gasteiger partial charge on any atom is -0.325 e. The minimum atomic E-state index is 0.420. The molecule has 0 saturated carbocycles. The number of nitrogens with zero attached hydrogens (tertiary/aromatic N) is 2. The number of nitrogens with two attached hydrogens (primary N) is 1. The van der Waals surface area contributed by atoms with E-state index in [1.54, 1.807) is 0 Å². The third kappa shape index (κ3) is 8.22. The van der Waals surface area contributed by atoms with Crippen LogP contribution in [-0.2, 0) is 6.54 Å². The maximum atomic E-state index is 5.53. The zero-order valence-electron chi connectivity index (χ0n) is 15.8. The largest absolute Gasteiger partial charge is 0.325 e. The number of unbranched alkanes of at least 4 members (excludes halogenated alkanes) is 1. The van der Waals surface area contributed by atoms with Crippen LogP contribution in [0.25, 0.3) is 0 Å². The molecule has 1 aromatic heterocycles. The van der Waals surface area contributed by atoms with E-state index in [-0.39, 0.29) is 0 Å². The van der Waals surface area contributed by atoms with Crippen LogP contribution < -0.4 is 5.73 Å². The van der Waals surface area contributed by atoms with Gasteiger partial charge in [0.25, 0.3) is 0 Å². The number of hydrogen-bond acceptors (Lipinski definition) is 4. The Morgan fingerprint density at radius 1 is 1.17 bits per heavy atom. The molecule has 0 unspecified atom stereocenters. The molecule has 1 saturated heterocycles. The summed E-state index contributed by atoms with van der Waals surface area (Å²) >= 11 is 1.84. The third-order valence-electron chi connectivity index (χ3n) is 4.16. The molecule has 3 nitrogen and oxygen atoms in total. The Kier molecular flexibility index (Phi) is 10.9. The van der Waals surface area contributed by atoms with Gasteiger partial charge < -0.3 is 5.73 Å². The highest BCUT2D eigenvalue weighted by atomic mass is 32.1. The van der Waals surface area contributed by atoms with E-state index in [1.165, 1.54) is 61.4 Å². The van der Waals surface area contributed by atoms with E-state index in [0.29, 0.717) is 6.54 Å². The zero-order chi connectivity index (χ0) is 17.8. The lowest BCUT2D eigenvalue weighted by Gasteiger charge is -2.18. The molecule has 0 radical (unpaired) electrons. The molecule has 2 N–H and O–H groups in total. The average Bonchev–Trinajstić information content (AvgIpc) is 2.91. The van der Waals surface area contributed by atoms with Gasteiger partial charge in [0.2, 0.25) is 0 Å². The maximum absolute atomic E-state index is 5.53. The predicted octanol–water partition coefficient (Wildman–Crippen LogP) is 5.21. The highest BCUT2D eigenvalue weighted by Crippen LogP contribution is 2.21. The molecule has 0 aliphatic carbocycles. The van der Waals surface area contributed by atoms with Gasteiger partial charge in [-0.15, -0.1) is 11.3 Å². The van der Waals surface area contributed by atoms with Gasteiger partial charge in [0.05, 0.1) is 5.71 Å². The summed E-state index contributed by atoms with van der Waals surface area (Å²) < 4.78 is 0. The monoisotopic (exact) mass is 349 g/mol. The first-order valence-corrected chi connectivity index (χ1v) is 10.2. The van der Waals surface area contributed by atoms with Gasteiger partial charge in [0.15, 0.2) is 0 Å². The molecule has 136 valence electrons. The number of likely N-dealkylation sites (tertiary alicyclic amines) is 1. The van der Waals surface area contributed by atoms with Gasteiger partial charge in [0.1, 0.15) is 0 Å². The molecule has 2 heterocycles. The highest BCUT2D eigenvalue weighted by Gasteiger charge is 2.11. The van der Waals surface area contributed by atoms with Crippen molar-refractivity contribution in [1.29, 1.82) is 0 Å². The van der Waals surface area contributed by atoms with Crippen molar-refractivity contribution >= 4 is 17.0 Å². The summed E-state index contributed by atoms with van der Waals surface area (Å²) in [4.78, 5) is 9.66. The number of aliphatic imine (C=N–C) groups is 1. The Morgan fingerprint density at radius 3 is 2.33 bits per heavy atom. The smallest absolute Gasteiger partial charge is 0.0548 e. The molecular formula is C20H35N3S. The minimum absolute atomic E-state index is 0.420. The molecule has 0 spiro atoms. The van der Waals surface area contributed by atoms with Crippen molar-refractivity contribution in [1.82, 2.24) is 4.90 Å². The fourth-order valence-electron chi connectivity index (χ4n) is 2.51. The van der Waals surface area contributed by atoms with Crippen LogP contribution in [0.4, 0.5) is 0 Å². The Bertz CT molecular complexity index is 495. The summed E-state index contributed by atoms with van der Waals surface area (Å²) in [5.74, 6) is 0. The Hall–Kier alpha value is -0.970. The lowest BCUT2D eigenvalue weighted by Crippen LogP contribution is -2.23. The fraction of sp³-hybridized carbons (Fsp3) is 0.650. The van der Waals surface area contributed by atoms with Crippen LogP contribution in [0.3, 0.4) is 0 Å². The molecule has 1 aliphatic rings. The summed E-state index contributed by atoms with van der Waals surface area (Å²) in [6.45, 7) is 14.2. The summed E-state index contributed by atoms with van der Waals surface area (Å²) in [5.41, 5.74) is 7.29. The first kappa shape index (κ1) is 21.1. The first-order valence-electron chi connectivity index (χ1n) is 9.35. The van der Waals surface area contributed by atoms with E-state index in [1.807, 2.05) is 18.3 Å². The van der Waals surface area contributed by atoms with Crippen molar-refractivity contribution < 1.29 is 0 Å². The van der Waals surface area contributed by atoms with E-state index >= 15 is 0 Å². The molecule has 1 fully saturated rings. The van der Waals surface area contributed by atoms with E-state index in [0.717, 1.165) is 18.0 Å². The van der Waals surface area contributed by atoms with Crippen molar-refractivity contribution in [2.24, 2.45) is 10.7 Å². The van der Waals surface area contributed by atoms with Crippen LogP contribution in [0.2, 0.25) is 0 Å². The molecule has 2 rings (SSSR count). The fourth-order valence-corrected chi connectivity index (χ4v) is 3.51. The van der Waals surface area contributed by atoms with E-state index in [4.69, 9.17) is 5.73 Å². The third-order valence-corrected chi connectivity index (χ3v) is 5.34. The van der Waals surface area contributed by atoms with Crippen molar-refractivity contribution in [3.8, 4) is 0 Å². The molecule has 1 aliphatic heterocycles. The second kappa shape index (κ2) is 12.4. The zero-order valence-corrected chi connectivity index (χ0v) is 16.6. The van der Waals surface area contributed by atoms with Crippen LogP contribution in [0.1, 0.15) is 69.1 Å². The van der Waals surface area contributed by atoms with Gasteiger partial charge in [-0.1, -0.05) is 46.1 Å². The Morgan fingerprint density at radius 2 is 1.79 bits per heavy atom. The molecule has 4 heteroatoms. The van der Waals surface area contributed by atoms with E-state index < -0.39 is 0 Å². The first-order chi connectivity index (χ1) is 11.6. The standard InChI is InChI=1S/C16H25N3S.C4H10/c1-13(11-17)18-14(2)16-8-7-15(20-16)12-19-9-5-3-4-6-10-19;1-3-4-2/h7-8H,1,3-6,9-12,17H2,2H3;3-4H2,1-2H3. The maximum Gasteiger partial charge on any atom is 0.0548 e. The molecule has 0 atom stereocenters. The lowest BCUT2D eigenvalue weighted by atomic mass is 10.2. The predicted molar refractivity (Wildman–Crippen MR) is 109 cm³/mol. The molecule has 24 heavy (non-hydrogen) atoms.